The van der Waals surface area contributed by atoms with Gasteiger partial charge in [0.05, 0.1) is 18.4 Å². The number of aromatic nitrogens is 2. The summed E-state index contributed by atoms with van der Waals surface area (Å²) < 4.78 is 7.29. The summed E-state index contributed by atoms with van der Waals surface area (Å²) in [5, 5.41) is 7.90. The number of nitrogens with one attached hydrogen (secondary N) is 1. The van der Waals surface area contributed by atoms with Crippen LogP contribution in [0.5, 0.6) is 5.75 Å². The van der Waals surface area contributed by atoms with Crippen molar-refractivity contribution < 1.29 is 9.53 Å². The molecule has 0 saturated carbocycles. The maximum absolute atomic E-state index is 13.2. The third kappa shape index (κ3) is 4.09. The second-order valence-corrected chi connectivity index (χ2v) is 7.51. The predicted octanol–water partition coefficient (Wildman–Crippen LogP) is 3.76. The molecule has 1 unspecified atom stereocenters. The molecule has 1 aromatic heterocycles. The Hall–Kier alpha value is -3.12. The summed E-state index contributed by atoms with van der Waals surface area (Å²) in [4.78, 5) is 15.6. The van der Waals surface area contributed by atoms with E-state index in [-0.39, 0.29) is 5.91 Å². The van der Waals surface area contributed by atoms with Crippen molar-refractivity contribution in [1.82, 2.24) is 20.0 Å². The molecule has 1 N–H and O–H groups in total. The van der Waals surface area contributed by atoms with Gasteiger partial charge in [0.2, 0.25) is 0 Å². The average molecular weight is 405 g/mol. The molecule has 1 aliphatic heterocycles. The van der Waals surface area contributed by atoms with Gasteiger partial charge in [-0.25, -0.2) is 4.68 Å². The Morgan fingerprint density at radius 1 is 1.17 bits per heavy atom. The normalized spacial score (nSPS) is 16.5. The molecule has 6 nitrogen and oxygen atoms in total. The number of methoxy groups -OCH3 is 1. The minimum absolute atomic E-state index is 0.110. The van der Waals surface area contributed by atoms with E-state index in [0.717, 1.165) is 30.8 Å². The van der Waals surface area contributed by atoms with Crippen molar-refractivity contribution in [2.45, 2.75) is 25.8 Å². The van der Waals surface area contributed by atoms with Crippen molar-refractivity contribution in [2.75, 3.05) is 26.7 Å². The topological polar surface area (TPSA) is 59.4 Å². The molecule has 6 heteroatoms. The second kappa shape index (κ2) is 9.13. The summed E-state index contributed by atoms with van der Waals surface area (Å²) in [6.07, 6.45) is 4.11. The number of benzene rings is 2. The van der Waals surface area contributed by atoms with Crippen molar-refractivity contribution in [3.8, 4) is 22.7 Å². The van der Waals surface area contributed by atoms with E-state index in [0.29, 0.717) is 29.6 Å². The highest BCUT2D eigenvalue weighted by Gasteiger charge is 2.25. The molecule has 2 heterocycles. The fraction of sp³-hybridized carbons (Fsp3) is 0.333. The minimum atomic E-state index is -0.110. The van der Waals surface area contributed by atoms with Crippen LogP contribution in [0.1, 0.15) is 30.1 Å². The van der Waals surface area contributed by atoms with Gasteiger partial charge < -0.3 is 10.1 Å². The van der Waals surface area contributed by atoms with Gasteiger partial charge in [-0.05, 0) is 50.2 Å². The maximum Gasteiger partial charge on any atom is 0.255 e. The minimum Gasteiger partial charge on any atom is -0.496 e. The van der Waals surface area contributed by atoms with E-state index in [1.54, 1.807) is 18.0 Å². The molecular formula is C24H28N4O2. The highest BCUT2D eigenvalue weighted by Crippen LogP contribution is 2.31. The van der Waals surface area contributed by atoms with Crippen LogP contribution in [0.2, 0.25) is 0 Å². The number of likely N-dealkylation sites (tertiary alicyclic amines) is 1. The van der Waals surface area contributed by atoms with Crippen molar-refractivity contribution in [2.24, 2.45) is 0 Å². The Bertz CT molecular complexity index is 999. The number of carbonyl (C=O) groups excluding carboxylic acids is 1. The summed E-state index contributed by atoms with van der Waals surface area (Å²) in [6, 6.07) is 17.9. The molecule has 156 valence electrons. The Kier molecular flexibility index (Phi) is 6.14. The van der Waals surface area contributed by atoms with Gasteiger partial charge in [-0.2, -0.15) is 5.10 Å². The lowest BCUT2D eigenvalue weighted by molar-refractivity contribution is 0.0942. The van der Waals surface area contributed by atoms with E-state index in [4.69, 9.17) is 9.84 Å². The predicted molar refractivity (Wildman–Crippen MR) is 118 cm³/mol. The number of ether oxygens (including phenoxy) is 1. The first-order valence-corrected chi connectivity index (χ1v) is 10.5. The van der Waals surface area contributed by atoms with E-state index < -0.39 is 0 Å². The van der Waals surface area contributed by atoms with Crippen molar-refractivity contribution >= 4 is 5.91 Å². The first-order valence-electron chi connectivity index (χ1n) is 10.5. The van der Waals surface area contributed by atoms with Crippen LogP contribution in [0.4, 0.5) is 0 Å². The second-order valence-electron chi connectivity index (χ2n) is 7.51. The number of para-hydroxylation sites is 2. The van der Waals surface area contributed by atoms with E-state index in [9.17, 15) is 4.79 Å². The van der Waals surface area contributed by atoms with Crippen LogP contribution in [-0.2, 0) is 0 Å². The smallest absolute Gasteiger partial charge is 0.255 e. The zero-order chi connectivity index (χ0) is 20.9. The summed E-state index contributed by atoms with van der Waals surface area (Å²) in [5.41, 5.74) is 2.87. The quantitative estimate of drug-likeness (QED) is 0.651. The molecule has 1 saturated heterocycles. The van der Waals surface area contributed by atoms with Crippen LogP contribution >= 0.6 is 0 Å². The number of nitrogens with zero attached hydrogens (tertiary/aromatic N) is 3. The molecule has 3 aromatic rings. The molecular weight excluding hydrogens is 376 g/mol. The Morgan fingerprint density at radius 2 is 1.93 bits per heavy atom. The maximum atomic E-state index is 13.2. The van der Waals surface area contributed by atoms with Crippen LogP contribution in [0, 0.1) is 0 Å². The molecule has 2 aromatic carbocycles. The Morgan fingerprint density at radius 3 is 2.70 bits per heavy atom. The lowest BCUT2D eigenvalue weighted by atomic mass is 10.1. The summed E-state index contributed by atoms with van der Waals surface area (Å²) >= 11 is 0. The average Bonchev–Trinajstić information content (AvgIpc) is 3.45. The van der Waals surface area contributed by atoms with E-state index >= 15 is 0 Å². The molecule has 1 fully saturated rings. The van der Waals surface area contributed by atoms with Crippen molar-refractivity contribution in [3.05, 3.63) is 66.4 Å². The Labute approximate surface area is 177 Å². The number of rotatable bonds is 7. The Balaban J connectivity index is 1.66. The third-order valence-electron chi connectivity index (χ3n) is 5.75. The number of amides is 1. The van der Waals surface area contributed by atoms with Crippen LogP contribution in [0.25, 0.3) is 16.9 Å². The lowest BCUT2D eigenvalue weighted by Crippen LogP contribution is -2.40. The number of carbonyl (C=O) groups is 1. The van der Waals surface area contributed by atoms with Gasteiger partial charge >= 0.3 is 0 Å². The van der Waals surface area contributed by atoms with Gasteiger partial charge in [-0.15, -0.1) is 0 Å². The van der Waals surface area contributed by atoms with Crippen molar-refractivity contribution in [1.29, 1.82) is 0 Å². The van der Waals surface area contributed by atoms with Gasteiger partial charge in [0.1, 0.15) is 11.4 Å². The first-order chi connectivity index (χ1) is 14.7. The van der Waals surface area contributed by atoms with Crippen LogP contribution < -0.4 is 10.1 Å². The zero-order valence-electron chi connectivity index (χ0n) is 17.5. The van der Waals surface area contributed by atoms with Gasteiger partial charge in [-0.3, -0.25) is 9.69 Å². The number of hydrogen-bond acceptors (Lipinski definition) is 4. The summed E-state index contributed by atoms with van der Waals surface area (Å²) in [5.74, 6) is 0.582. The highest BCUT2D eigenvalue weighted by molar-refractivity contribution is 6.00. The van der Waals surface area contributed by atoms with E-state index in [2.05, 4.69) is 17.1 Å². The number of likely N-dealkylation sites (N-methyl/N-ethyl adjacent to an activating group) is 1. The monoisotopic (exact) mass is 404 g/mol. The SMILES string of the molecule is CCN1CCCC1CNC(=O)c1cn(-c2ccccc2)nc1-c1ccccc1OC. The molecule has 30 heavy (non-hydrogen) atoms. The van der Waals surface area contributed by atoms with E-state index in [1.807, 2.05) is 54.6 Å². The lowest BCUT2D eigenvalue weighted by Gasteiger charge is -2.22. The molecule has 0 spiro atoms. The summed E-state index contributed by atoms with van der Waals surface area (Å²) in [6.45, 7) is 4.94. The van der Waals surface area contributed by atoms with Crippen molar-refractivity contribution in [3.63, 3.8) is 0 Å². The fourth-order valence-corrected chi connectivity index (χ4v) is 4.14. The van der Waals surface area contributed by atoms with Gasteiger partial charge in [0.25, 0.3) is 5.91 Å². The van der Waals surface area contributed by atoms with Crippen LogP contribution in [0.15, 0.2) is 60.8 Å². The standard InChI is InChI=1S/C24H28N4O2/c1-3-27-15-9-12-19(27)16-25-24(29)21-17-28(18-10-5-4-6-11-18)26-23(21)20-13-7-8-14-22(20)30-2/h4-8,10-11,13-14,17,19H,3,9,12,15-16H2,1-2H3,(H,25,29). The fourth-order valence-electron chi connectivity index (χ4n) is 4.14. The molecule has 1 amide bonds. The zero-order valence-corrected chi connectivity index (χ0v) is 17.5. The highest BCUT2D eigenvalue weighted by atomic mass is 16.5. The van der Waals surface area contributed by atoms with Gasteiger partial charge in [-0.1, -0.05) is 37.3 Å². The number of hydrogen-bond donors (Lipinski definition) is 1. The van der Waals surface area contributed by atoms with E-state index in [1.165, 1.54) is 6.42 Å². The molecule has 1 atom stereocenters. The molecule has 0 radical (unpaired) electrons. The van der Waals surface area contributed by atoms with Crippen LogP contribution in [0.3, 0.4) is 0 Å². The van der Waals surface area contributed by atoms with Crippen LogP contribution in [-0.4, -0.2) is 53.4 Å². The van der Waals surface area contributed by atoms with Gasteiger partial charge in [0.15, 0.2) is 0 Å². The summed E-state index contributed by atoms with van der Waals surface area (Å²) in [7, 11) is 1.63. The molecule has 0 bridgehead atoms. The largest absolute Gasteiger partial charge is 0.496 e. The third-order valence-corrected chi connectivity index (χ3v) is 5.75. The molecule has 0 aliphatic carbocycles. The molecule has 4 rings (SSSR count). The van der Waals surface area contributed by atoms with Gasteiger partial charge in [0, 0.05) is 24.3 Å². The molecule has 1 aliphatic rings. The first kappa shape index (κ1) is 20.2.